The molecular formula is C13H22N2O4. The third-order valence-electron chi connectivity index (χ3n) is 3.92. The van der Waals surface area contributed by atoms with Gasteiger partial charge in [-0.3, -0.25) is 9.59 Å². The molecule has 108 valence electrons. The van der Waals surface area contributed by atoms with Crippen molar-refractivity contribution in [3.63, 3.8) is 0 Å². The van der Waals surface area contributed by atoms with Gasteiger partial charge in [-0.1, -0.05) is 0 Å². The number of hydrogen-bond donors (Lipinski definition) is 0. The first-order chi connectivity index (χ1) is 9.15. The largest absolute Gasteiger partial charge is 0.383 e. The first-order valence-electron chi connectivity index (χ1n) is 6.74. The predicted molar refractivity (Wildman–Crippen MR) is 68.6 cm³/mol. The van der Waals surface area contributed by atoms with Crippen LogP contribution in [-0.4, -0.2) is 74.7 Å². The lowest BCUT2D eigenvalue weighted by Gasteiger charge is -2.20. The molecule has 19 heavy (non-hydrogen) atoms. The maximum absolute atomic E-state index is 12.3. The fourth-order valence-corrected chi connectivity index (χ4v) is 2.73. The van der Waals surface area contributed by atoms with Crippen molar-refractivity contribution in [1.82, 2.24) is 9.80 Å². The smallest absolute Gasteiger partial charge is 0.228 e. The fraction of sp³-hybridized carbons (Fsp3) is 0.846. The Hall–Kier alpha value is -1.14. The van der Waals surface area contributed by atoms with Gasteiger partial charge in [0.05, 0.1) is 18.6 Å². The molecule has 0 aromatic heterocycles. The zero-order valence-corrected chi connectivity index (χ0v) is 11.6. The van der Waals surface area contributed by atoms with Gasteiger partial charge in [0.1, 0.15) is 0 Å². The lowest BCUT2D eigenvalue weighted by atomic mass is 10.1. The van der Waals surface area contributed by atoms with Crippen LogP contribution in [0, 0.1) is 5.92 Å². The van der Waals surface area contributed by atoms with E-state index in [4.69, 9.17) is 9.47 Å². The van der Waals surface area contributed by atoms with Gasteiger partial charge >= 0.3 is 0 Å². The van der Waals surface area contributed by atoms with E-state index in [0.29, 0.717) is 32.7 Å². The van der Waals surface area contributed by atoms with Gasteiger partial charge in [0.2, 0.25) is 11.8 Å². The van der Waals surface area contributed by atoms with Crippen LogP contribution in [-0.2, 0) is 19.1 Å². The molecule has 0 bridgehead atoms. The van der Waals surface area contributed by atoms with Crippen molar-refractivity contribution >= 4 is 11.8 Å². The minimum atomic E-state index is -0.194. The summed E-state index contributed by atoms with van der Waals surface area (Å²) in [4.78, 5) is 27.7. The summed E-state index contributed by atoms with van der Waals surface area (Å²) in [6, 6.07) is 0. The van der Waals surface area contributed by atoms with Crippen LogP contribution < -0.4 is 0 Å². The van der Waals surface area contributed by atoms with E-state index < -0.39 is 0 Å². The highest BCUT2D eigenvalue weighted by Gasteiger charge is 2.38. The van der Waals surface area contributed by atoms with Gasteiger partial charge in [-0.2, -0.15) is 0 Å². The second-order valence-electron chi connectivity index (χ2n) is 5.16. The van der Waals surface area contributed by atoms with E-state index >= 15 is 0 Å². The first kappa shape index (κ1) is 14.3. The molecule has 2 aliphatic rings. The molecule has 2 heterocycles. The molecule has 6 nitrogen and oxygen atoms in total. The molecule has 0 spiro atoms. The molecule has 0 aromatic rings. The lowest BCUT2D eigenvalue weighted by Crippen LogP contribution is -2.37. The van der Waals surface area contributed by atoms with E-state index in [1.54, 1.807) is 19.1 Å². The van der Waals surface area contributed by atoms with Crippen molar-refractivity contribution in [1.29, 1.82) is 0 Å². The summed E-state index contributed by atoms with van der Waals surface area (Å²) in [5.74, 6) is -0.0503. The average molecular weight is 270 g/mol. The number of likely N-dealkylation sites (tertiary alicyclic amines) is 2. The van der Waals surface area contributed by atoms with E-state index in [9.17, 15) is 9.59 Å². The summed E-state index contributed by atoms with van der Waals surface area (Å²) < 4.78 is 10.2. The molecule has 2 amide bonds. The number of hydrogen-bond acceptors (Lipinski definition) is 4. The summed E-state index contributed by atoms with van der Waals surface area (Å²) in [6.07, 6.45) is 1.36. The van der Waals surface area contributed by atoms with Gasteiger partial charge < -0.3 is 19.3 Å². The van der Waals surface area contributed by atoms with Crippen LogP contribution in [0.3, 0.4) is 0 Å². The predicted octanol–water partition coefficient (Wildman–Crippen LogP) is -0.271. The quantitative estimate of drug-likeness (QED) is 0.690. The van der Waals surface area contributed by atoms with Crippen molar-refractivity contribution in [2.75, 3.05) is 47.0 Å². The Morgan fingerprint density at radius 2 is 2.16 bits per heavy atom. The Morgan fingerprint density at radius 1 is 1.37 bits per heavy atom. The molecule has 0 radical (unpaired) electrons. The monoisotopic (exact) mass is 270 g/mol. The third-order valence-corrected chi connectivity index (χ3v) is 3.92. The molecule has 0 aromatic carbocycles. The minimum absolute atomic E-state index is 0.0536. The summed E-state index contributed by atoms with van der Waals surface area (Å²) >= 11 is 0. The normalized spacial score (nSPS) is 27.4. The summed E-state index contributed by atoms with van der Waals surface area (Å²) in [5.41, 5.74) is 0. The zero-order chi connectivity index (χ0) is 13.8. The van der Waals surface area contributed by atoms with Crippen molar-refractivity contribution < 1.29 is 19.1 Å². The SMILES string of the molecule is COCCN1CC(C(=O)N2CCC(OC)C2)CC1=O. The van der Waals surface area contributed by atoms with Crippen molar-refractivity contribution in [2.24, 2.45) is 5.92 Å². The molecule has 2 unspecified atom stereocenters. The van der Waals surface area contributed by atoms with Gasteiger partial charge in [0.15, 0.2) is 0 Å². The molecule has 2 atom stereocenters. The topological polar surface area (TPSA) is 59.1 Å². The van der Waals surface area contributed by atoms with Crippen LogP contribution in [0.2, 0.25) is 0 Å². The second kappa shape index (κ2) is 6.34. The third kappa shape index (κ3) is 3.25. The van der Waals surface area contributed by atoms with Crippen molar-refractivity contribution in [3.05, 3.63) is 0 Å². The second-order valence-corrected chi connectivity index (χ2v) is 5.16. The molecule has 2 saturated heterocycles. The number of nitrogens with zero attached hydrogens (tertiary/aromatic N) is 2. The molecule has 0 saturated carbocycles. The number of rotatable bonds is 5. The van der Waals surface area contributed by atoms with E-state index in [1.807, 2.05) is 4.90 Å². The number of ether oxygens (including phenoxy) is 2. The zero-order valence-electron chi connectivity index (χ0n) is 11.6. The number of carbonyl (C=O) groups excluding carboxylic acids is 2. The summed E-state index contributed by atoms with van der Waals surface area (Å²) in [7, 11) is 3.28. The van der Waals surface area contributed by atoms with Crippen molar-refractivity contribution in [2.45, 2.75) is 18.9 Å². The van der Waals surface area contributed by atoms with Crippen LogP contribution in [0.5, 0.6) is 0 Å². The van der Waals surface area contributed by atoms with Gasteiger partial charge in [0, 0.05) is 46.8 Å². The Balaban J connectivity index is 1.86. The highest BCUT2D eigenvalue weighted by molar-refractivity contribution is 5.89. The minimum Gasteiger partial charge on any atom is -0.383 e. The van der Waals surface area contributed by atoms with Crippen LogP contribution in [0.1, 0.15) is 12.8 Å². The van der Waals surface area contributed by atoms with Gasteiger partial charge in [-0.25, -0.2) is 0 Å². The van der Waals surface area contributed by atoms with E-state index in [-0.39, 0.29) is 23.8 Å². The summed E-state index contributed by atoms with van der Waals surface area (Å²) in [6.45, 7) is 3.00. The molecule has 2 aliphatic heterocycles. The molecule has 2 rings (SSSR count). The maximum atomic E-state index is 12.3. The Bertz CT molecular complexity index is 348. The average Bonchev–Trinajstić information content (AvgIpc) is 3.02. The Labute approximate surface area is 113 Å². The Kier molecular flexibility index (Phi) is 4.76. The number of methoxy groups -OCH3 is 2. The van der Waals surface area contributed by atoms with E-state index in [1.165, 1.54) is 0 Å². The molecule has 0 aliphatic carbocycles. The molecule has 2 fully saturated rings. The van der Waals surface area contributed by atoms with Gasteiger partial charge in [0.25, 0.3) is 0 Å². The number of amides is 2. The highest BCUT2D eigenvalue weighted by Crippen LogP contribution is 2.22. The number of carbonyl (C=O) groups is 2. The Morgan fingerprint density at radius 3 is 2.79 bits per heavy atom. The van der Waals surface area contributed by atoms with E-state index in [2.05, 4.69) is 0 Å². The van der Waals surface area contributed by atoms with Crippen LogP contribution in [0.15, 0.2) is 0 Å². The van der Waals surface area contributed by atoms with Crippen LogP contribution in [0.4, 0.5) is 0 Å². The standard InChI is InChI=1S/C13H22N2O4/c1-18-6-5-14-8-10(7-12(14)16)13(17)15-4-3-11(9-15)19-2/h10-11H,3-9H2,1-2H3. The first-order valence-corrected chi connectivity index (χ1v) is 6.74. The summed E-state index contributed by atoms with van der Waals surface area (Å²) in [5, 5.41) is 0. The van der Waals surface area contributed by atoms with Crippen molar-refractivity contribution in [3.8, 4) is 0 Å². The van der Waals surface area contributed by atoms with Gasteiger partial charge in [-0.05, 0) is 6.42 Å². The highest BCUT2D eigenvalue weighted by atomic mass is 16.5. The fourth-order valence-electron chi connectivity index (χ4n) is 2.73. The molecular weight excluding hydrogens is 248 g/mol. The lowest BCUT2D eigenvalue weighted by molar-refractivity contribution is -0.135. The maximum Gasteiger partial charge on any atom is 0.228 e. The van der Waals surface area contributed by atoms with Crippen LogP contribution in [0.25, 0.3) is 0 Å². The van der Waals surface area contributed by atoms with Gasteiger partial charge in [-0.15, -0.1) is 0 Å². The molecule has 0 N–H and O–H groups in total. The van der Waals surface area contributed by atoms with Crippen LogP contribution >= 0.6 is 0 Å². The van der Waals surface area contributed by atoms with E-state index in [0.717, 1.165) is 13.0 Å². The molecule has 6 heteroatoms.